The molecule has 1 N–H and O–H groups in total. The van der Waals surface area contributed by atoms with Crippen LogP contribution >= 0.6 is 11.6 Å². The van der Waals surface area contributed by atoms with Crippen molar-refractivity contribution in [2.75, 3.05) is 19.0 Å². The first-order valence-corrected chi connectivity index (χ1v) is 8.19. The van der Waals surface area contributed by atoms with Gasteiger partial charge in [-0.1, -0.05) is 23.7 Å². The van der Waals surface area contributed by atoms with Crippen LogP contribution in [0.15, 0.2) is 57.7 Å². The van der Waals surface area contributed by atoms with E-state index in [1.54, 1.807) is 36.4 Å². The number of carbonyl (C=O) groups excluding carboxylic acids is 2. The van der Waals surface area contributed by atoms with E-state index in [4.69, 9.17) is 25.5 Å². The van der Waals surface area contributed by atoms with Crippen LogP contribution in [0.4, 0.5) is 5.69 Å². The summed E-state index contributed by atoms with van der Waals surface area (Å²) in [6.45, 7) is -0.578. The maximum atomic E-state index is 12.1. The van der Waals surface area contributed by atoms with Gasteiger partial charge in [0.1, 0.15) is 11.3 Å². The molecule has 27 heavy (non-hydrogen) atoms. The zero-order valence-corrected chi connectivity index (χ0v) is 14.9. The predicted molar refractivity (Wildman–Crippen MR) is 99.4 cm³/mol. The van der Waals surface area contributed by atoms with E-state index in [2.05, 4.69) is 5.32 Å². The SMILES string of the molecule is COc1ccc(Cl)cc1NC(=O)COC(=O)c1cc(=O)c2ccccc2o1. The minimum Gasteiger partial charge on any atom is -0.495 e. The number of hydrogen-bond acceptors (Lipinski definition) is 6. The zero-order valence-electron chi connectivity index (χ0n) is 14.2. The molecule has 0 atom stereocenters. The van der Waals surface area contributed by atoms with Crippen molar-refractivity contribution in [3.8, 4) is 5.75 Å². The molecule has 1 amide bonds. The second kappa shape index (κ2) is 7.92. The summed E-state index contributed by atoms with van der Waals surface area (Å²) in [7, 11) is 1.45. The molecule has 3 rings (SSSR count). The van der Waals surface area contributed by atoms with E-state index in [1.807, 2.05) is 0 Å². The highest BCUT2D eigenvalue weighted by Crippen LogP contribution is 2.27. The predicted octanol–water partition coefficient (Wildman–Crippen LogP) is 3.25. The van der Waals surface area contributed by atoms with E-state index in [1.165, 1.54) is 13.2 Å². The highest BCUT2D eigenvalue weighted by Gasteiger charge is 2.16. The number of amides is 1. The molecule has 0 bridgehead atoms. The van der Waals surface area contributed by atoms with Crippen LogP contribution in [0.25, 0.3) is 11.0 Å². The molecule has 0 radical (unpaired) electrons. The van der Waals surface area contributed by atoms with Gasteiger partial charge in [0.05, 0.1) is 18.2 Å². The average molecular weight is 388 g/mol. The third-order valence-corrected chi connectivity index (χ3v) is 3.84. The lowest BCUT2D eigenvalue weighted by Crippen LogP contribution is -2.21. The van der Waals surface area contributed by atoms with E-state index in [0.29, 0.717) is 21.8 Å². The van der Waals surface area contributed by atoms with E-state index in [-0.39, 0.29) is 16.8 Å². The van der Waals surface area contributed by atoms with Crippen molar-refractivity contribution in [3.05, 3.63) is 69.5 Å². The Hall–Kier alpha value is -3.32. The summed E-state index contributed by atoms with van der Waals surface area (Å²) in [5.74, 6) is -1.41. The fourth-order valence-electron chi connectivity index (χ4n) is 2.37. The van der Waals surface area contributed by atoms with Crippen molar-refractivity contribution in [3.63, 3.8) is 0 Å². The standard InChI is InChI=1S/C19H14ClNO6/c1-25-16-7-6-11(20)8-13(16)21-18(23)10-26-19(24)17-9-14(22)12-4-2-3-5-15(12)27-17/h2-9H,10H2,1H3,(H,21,23). The first-order valence-electron chi connectivity index (χ1n) is 7.81. The fourth-order valence-corrected chi connectivity index (χ4v) is 2.54. The number of halogens is 1. The minimum absolute atomic E-state index is 0.255. The highest BCUT2D eigenvalue weighted by atomic mass is 35.5. The van der Waals surface area contributed by atoms with Gasteiger partial charge < -0.3 is 19.2 Å². The number of fused-ring (bicyclic) bond motifs is 1. The molecule has 1 heterocycles. The Morgan fingerprint density at radius 1 is 1.15 bits per heavy atom. The van der Waals surface area contributed by atoms with Crippen molar-refractivity contribution in [1.82, 2.24) is 0 Å². The van der Waals surface area contributed by atoms with Crippen LogP contribution in [0.1, 0.15) is 10.6 Å². The number of anilines is 1. The summed E-state index contributed by atoms with van der Waals surface area (Å²) in [4.78, 5) is 36.1. The lowest BCUT2D eigenvalue weighted by Gasteiger charge is -2.10. The number of hydrogen-bond donors (Lipinski definition) is 1. The van der Waals surface area contributed by atoms with Crippen molar-refractivity contribution in [2.45, 2.75) is 0 Å². The maximum Gasteiger partial charge on any atom is 0.374 e. The third kappa shape index (κ3) is 4.27. The molecule has 0 spiro atoms. The second-order valence-corrected chi connectivity index (χ2v) is 5.88. The van der Waals surface area contributed by atoms with Crippen molar-refractivity contribution in [1.29, 1.82) is 0 Å². The summed E-state index contributed by atoms with van der Waals surface area (Å²) in [5.41, 5.74) is 0.213. The van der Waals surface area contributed by atoms with Gasteiger partial charge in [-0.3, -0.25) is 9.59 Å². The van der Waals surface area contributed by atoms with Crippen molar-refractivity contribution in [2.24, 2.45) is 0 Å². The molecule has 0 fully saturated rings. The number of esters is 1. The first-order chi connectivity index (χ1) is 13.0. The van der Waals surface area contributed by atoms with E-state index in [9.17, 15) is 14.4 Å². The van der Waals surface area contributed by atoms with Gasteiger partial charge in [0.15, 0.2) is 12.0 Å². The van der Waals surface area contributed by atoms with Crippen LogP contribution in [0.2, 0.25) is 5.02 Å². The summed E-state index contributed by atoms with van der Waals surface area (Å²) in [6, 6.07) is 12.2. The second-order valence-electron chi connectivity index (χ2n) is 5.44. The topological polar surface area (TPSA) is 94.8 Å². The molecule has 2 aromatic carbocycles. The van der Waals surface area contributed by atoms with Gasteiger partial charge in [0.2, 0.25) is 5.76 Å². The van der Waals surface area contributed by atoms with Crippen LogP contribution in [-0.4, -0.2) is 25.6 Å². The highest BCUT2D eigenvalue weighted by molar-refractivity contribution is 6.31. The molecule has 0 saturated carbocycles. The van der Waals surface area contributed by atoms with Gasteiger partial charge in [0.25, 0.3) is 5.91 Å². The number of nitrogens with one attached hydrogen (secondary N) is 1. The number of benzene rings is 2. The van der Waals surface area contributed by atoms with E-state index >= 15 is 0 Å². The van der Waals surface area contributed by atoms with Gasteiger partial charge in [-0.25, -0.2) is 4.79 Å². The molecule has 138 valence electrons. The van der Waals surface area contributed by atoms with Crippen LogP contribution in [-0.2, 0) is 9.53 Å². The Bertz CT molecular complexity index is 1080. The quantitative estimate of drug-likeness (QED) is 0.675. The molecule has 0 aliphatic rings. The Morgan fingerprint density at radius 2 is 1.93 bits per heavy atom. The number of carbonyl (C=O) groups is 2. The van der Waals surface area contributed by atoms with E-state index < -0.39 is 18.5 Å². The monoisotopic (exact) mass is 387 g/mol. The van der Waals surface area contributed by atoms with Crippen LogP contribution in [0.5, 0.6) is 5.75 Å². The normalized spacial score (nSPS) is 10.4. The molecule has 0 saturated heterocycles. The summed E-state index contributed by atoms with van der Waals surface area (Å²) in [6.07, 6.45) is 0. The lowest BCUT2D eigenvalue weighted by molar-refractivity contribution is -0.119. The molecule has 3 aromatic rings. The number of para-hydroxylation sites is 1. The smallest absolute Gasteiger partial charge is 0.374 e. The van der Waals surface area contributed by atoms with Gasteiger partial charge in [-0.05, 0) is 30.3 Å². The molecule has 7 nitrogen and oxygen atoms in total. The number of ether oxygens (including phenoxy) is 2. The van der Waals surface area contributed by atoms with E-state index in [0.717, 1.165) is 6.07 Å². The lowest BCUT2D eigenvalue weighted by atomic mass is 10.2. The Kier molecular flexibility index (Phi) is 5.42. The number of rotatable bonds is 5. The third-order valence-electron chi connectivity index (χ3n) is 3.61. The number of methoxy groups -OCH3 is 1. The molecular weight excluding hydrogens is 374 g/mol. The van der Waals surface area contributed by atoms with Gasteiger partial charge >= 0.3 is 5.97 Å². The first kappa shape index (κ1) is 18.5. The molecule has 0 aliphatic carbocycles. The Morgan fingerprint density at radius 3 is 2.70 bits per heavy atom. The molecule has 1 aromatic heterocycles. The summed E-state index contributed by atoms with van der Waals surface area (Å²) < 4.78 is 15.4. The molecular formula is C19H14ClNO6. The van der Waals surface area contributed by atoms with Gasteiger partial charge in [-0.15, -0.1) is 0 Å². The summed E-state index contributed by atoms with van der Waals surface area (Å²) in [5, 5.41) is 3.28. The van der Waals surface area contributed by atoms with Gasteiger partial charge in [-0.2, -0.15) is 0 Å². The fraction of sp³-hybridized carbons (Fsp3) is 0.105. The molecule has 0 aliphatic heterocycles. The molecule has 0 unspecified atom stereocenters. The van der Waals surface area contributed by atoms with Crippen LogP contribution in [0, 0.1) is 0 Å². The van der Waals surface area contributed by atoms with Crippen LogP contribution in [0.3, 0.4) is 0 Å². The minimum atomic E-state index is -0.925. The largest absolute Gasteiger partial charge is 0.495 e. The maximum absolute atomic E-state index is 12.1. The van der Waals surface area contributed by atoms with Gasteiger partial charge in [0, 0.05) is 11.1 Å². The Balaban J connectivity index is 1.68. The zero-order chi connectivity index (χ0) is 19.4. The van der Waals surface area contributed by atoms with Crippen molar-refractivity contribution < 1.29 is 23.5 Å². The van der Waals surface area contributed by atoms with Crippen LogP contribution < -0.4 is 15.5 Å². The molecule has 8 heteroatoms. The Labute approximate surface area is 158 Å². The average Bonchev–Trinajstić information content (AvgIpc) is 2.66. The summed E-state index contributed by atoms with van der Waals surface area (Å²) >= 11 is 5.89. The van der Waals surface area contributed by atoms with Crippen molar-refractivity contribution >= 4 is 40.1 Å².